The third kappa shape index (κ3) is 3.79. The number of aliphatic hydroxyl groups is 2. The summed E-state index contributed by atoms with van der Waals surface area (Å²) >= 11 is 5.01. The number of hydrogen-bond acceptors (Lipinski definition) is 2. The van der Waals surface area contributed by atoms with Crippen molar-refractivity contribution in [1.82, 2.24) is 0 Å². The summed E-state index contributed by atoms with van der Waals surface area (Å²) in [6, 6.07) is 1.10. The number of piperazine rings is 1. The minimum atomic E-state index is -0.572. The first-order valence-corrected chi connectivity index (χ1v) is 12.8. The van der Waals surface area contributed by atoms with Crippen LogP contribution in [0.2, 0.25) is 0 Å². The van der Waals surface area contributed by atoms with Gasteiger partial charge in [0.1, 0.15) is 62.6 Å². The molecule has 3 aliphatic rings. The van der Waals surface area contributed by atoms with Crippen LogP contribution in [0.5, 0.6) is 0 Å². The van der Waals surface area contributed by atoms with Gasteiger partial charge in [0.25, 0.3) is 0 Å². The van der Waals surface area contributed by atoms with Gasteiger partial charge in [0, 0.05) is 12.8 Å². The number of rotatable bonds is 6. The smallest absolute Gasteiger partial charge is 0.129 e. The Hall–Kier alpha value is 0.780. The topological polar surface area (TPSA) is 40.5 Å². The number of nitrogens with zero attached hydrogens (tertiary/aromatic N) is 2. The quantitative estimate of drug-likeness (QED) is 0.217. The monoisotopic (exact) mass is 588 g/mol. The van der Waals surface area contributed by atoms with Crippen LogP contribution in [-0.2, 0) is 0 Å². The van der Waals surface area contributed by atoms with Crippen LogP contribution in [0.25, 0.3) is 0 Å². The third-order valence-electron chi connectivity index (χ3n) is 7.38. The molecule has 0 bridgehead atoms. The Bertz CT molecular complexity index is 502. The second-order valence-electron chi connectivity index (χ2n) is 9.11. The van der Waals surface area contributed by atoms with Gasteiger partial charge in [-0.25, -0.2) is 0 Å². The highest BCUT2D eigenvalue weighted by Crippen LogP contribution is 2.44. The maximum Gasteiger partial charge on any atom is 0.129 e. The van der Waals surface area contributed by atoms with E-state index < -0.39 is 11.2 Å². The lowest BCUT2D eigenvalue weighted by atomic mass is 9.97. The van der Waals surface area contributed by atoms with E-state index in [0.29, 0.717) is 24.9 Å². The molecule has 4 nitrogen and oxygen atoms in total. The van der Waals surface area contributed by atoms with Crippen LogP contribution in [0.4, 0.5) is 0 Å². The normalized spacial score (nSPS) is 48.3. The molecule has 0 aromatic carbocycles. The molecule has 4 atom stereocenters. The highest BCUT2D eigenvalue weighted by Gasteiger charge is 2.61. The molecule has 6 heteroatoms. The fourth-order valence-electron chi connectivity index (χ4n) is 6.13. The van der Waals surface area contributed by atoms with E-state index in [2.05, 4.69) is 58.3 Å². The predicted molar refractivity (Wildman–Crippen MR) is 124 cm³/mol. The molecule has 0 aromatic rings. The minimum absolute atomic E-state index is 0.550. The SMILES string of the molecule is C=CCC1(O)CC(CI)[N+]2(CC[N+]3(CC2)CC(O)(CC=C)CC3CI)C1. The Morgan fingerprint density at radius 3 is 1.42 bits per heavy atom. The average molecular weight is 588 g/mol. The molecule has 0 saturated carbocycles. The van der Waals surface area contributed by atoms with Crippen molar-refractivity contribution in [2.45, 2.75) is 49.0 Å². The fraction of sp³-hybridized carbons (Fsp3) is 0.800. The van der Waals surface area contributed by atoms with Gasteiger partial charge in [-0.05, 0) is 12.8 Å². The molecule has 3 fully saturated rings. The Morgan fingerprint density at radius 2 is 1.15 bits per heavy atom. The van der Waals surface area contributed by atoms with Crippen LogP contribution in [0.15, 0.2) is 25.3 Å². The minimum Gasteiger partial charge on any atom is -0.383 e. The van der Waals surface area contributed by atoms with E-state index in [0.717, 1.165) is 69.9 Å². The molecule has 0 aromatic heterocycles. The van der Waals surface area contributed by atoms with Gasteiger partial charge >= 0.3 is 0 Å². The van der Waals surface area contributed by atoms with Crippen molar-refractivity contribution < 1.29 is 19.2 Å². The maximum atomic E-state index is 11.1. The fourth-order valence-corrected chi connectivity index (χ4v) is 8.42. The van der Waals surface area contributed by atoms with Gasteiger partial charge in [0.15, 0.2) is 0 Å². The molecule has 3 rings (SSSR count). The molecule has 2 spiro atoms. The maximum absolute atomic E-state index is 11.1. The Morgan fingerprint density at radius 1 is 0.808 bits per heavy atom. The van der Waals surface area contributed by atoms with E-state index in [9.17, 15) is 10.2 Å². The number of quaternary nitrogens is 2. The van der Waals surface area contributed by atoms with Gasteiger partial charge < -0.3 is 19.2 Å². The summed E-state index contributed by atoms with van der Waals surface area (Å²) in [7, 11) is 0. The van der Waals surface area contributed by atoms with E-state index >= 15 is 0 Å². The molecule has 3 heterocycles. The molecule has 0 amide bonds. The Balaban J connectivity index is 1.77. The van der Waals surface area contributed by atoms with E-state index in [-0.39, 0.29) is 0 Å². The summed E-state index contributed by atoms with van der Waals surface area (Å²) in [6.07, 6.45) is 6.97. The van der Waals surface area contributed by atoms with E-state index in [1.807, 2.05) is 12.2 Å². The van der Waals surface area contributed by atoms with Crippen molar-refractivity contribution in [3.63, 3.8) is 0 Å². The first kappa shape index (κ1) is 21.5. The zero-order valence-electron chi connectivity index (χ0n) is 15.8. The van der Waals surface area contributed by atoms with Crippen LogP contribution in [-0.4, -0.2) is 90.6 Å². The van der Waals surface area contributed by atoms with E-state index in [1.54, 1.807) is 0 Å². The van der Waals surface area contributed by atoms with Gasteiger partial charge in [-0.1, -0.05) is 57.3 Å². The van der Waals surface area contributed by atoms with Crippen LogP contribution in [0.1, 0.15) is 25.7 Å². The number of hydrogen-bond donors (Lipinski definition) is 2. The highest BCUT2D eigenvalue weighted by atomic mass is 127. The second-order valence-corrected chi connectivity index (χ2v) is 10.9. The van der Waals surface area contributed by atoms with Crippen LogP contribution >= 0.6 is 45.2 Å². The van der Waals surface area contributed by atoms with Crippen LogP contribution in [0.3, 0.4) is 0 Å². The molecule has 26 heavy (non-hydrogen) atoms. The lowest BCUT2D eigenvalue weighted by Crippen LogP contribution is -2.70. The highest BCUT2D eigenvalue weighted by molar-refractivity contribution is 14.1. The molecular weight excluding hydrogens is 554 g/mol. The average Bonchev–Trinajstić information content (AvgIpc) is 3.03. The zero-order chi connectivity index (χ0) is 19.1. The van der Waals surface area contributed by atoms with Gasteiger partial charge in [-0.2, -0.15) is 0 Å². The molecule has 3 saturated heterocycles. The lowest BCUT2D eigenvalue weighted by molar-refractivity contribution is -1.04. The second kappa shape index (κ2) is 7.89. The number of halogens is 2. The van der Waals surface area contributed by atoms with Crippen LogP contribution in [0, 0.1) is 0 Å². The summed E-state index contributed by atoms with van der Waals surface area (Å²) in [5.74, 6) is 0. The summed E-state index contributed by atoms with van der Waals surface area (Å²) in [5, 5.41) is 22.1. The number of alkyl halides is 2. The van der Waals surface area contributed by atoms with Gasteiger partial charge in [-0.15, -0.1) is 13.2 Å². The summed E-state index contributed by atoms with van der Waals surface area (Å²) in [5.41, 5.74) is -1.14. The van der Waals surface area contributed by atoms with Crippen molar-refractivity contribution >= 4 is 45.2 Å². The summed E-state index contributed by atoms with van der Waals surface area (Å²) in [4.78, 5) is 0. The van der Waals surface area contributed by atoms with Crippen molar-refractivity contribution in [3.8, 4) is 0 Å². The summed E-state index contributed by atoms with van der Waals surface area (Å²) < 4.78 is 4.35. The van der Waals surface area contributed by atoms with Gasteiger partial charge in [0.05, 0.1) is 8.86 Å². The van der Waals surface area contributed by atoms with Gasteiger partial charge in [-0.3, -0.25) is 0 Å². The van der Waals surface area contributed by atoms with Crippen molar-refractivity contribution in [2.24, 2.45) is 0 Å². The lowest BCUT2D eigenvalue weighted by Gasteiger charge is -2.51. The van der Waals surface area contributed by atoms with Crippen molar-refractivity contribution in [1.29, 1.82) is 0 Å². The predicted octanol–water partition coefficient (Wildman–Crippen LogP) is 2.66. The molecule has 4 unspecified atom stereocenters. The molecule has 2 N–H and O–H groups in total. The van der Waals surface area contributed by atoms with Crippen molar-refractivity contribution in [2.75, 3.05) is 48.1 Å². The zero-order valence-corrected chi connectivity index (χ0v) is 20.1. The Kier molecular flexibility index (Phi) is 6.52. The largest absolute Gasteiger partial charge is 0.383 e. The third-order valence-corrected chi connectivity index (χ3v) is 9.42. The van der Waals surface area contributed by atoms with Crippen LogP contribution < -0.4 is 0 Å². The Labute approximate surface area is 185 Å². The first-order chi connectivity index (χ1) is 12.3. The van der Waals surface area contributed by atoms with E-state index in [4.69, 9.17) is 0 Å². The molecule has 0 aliphatic carbocycles. The van der Waals surface area contributed by atoms with E-state index in [1.165, 1.54) is 0 Å². The van der Waals surface area contributed by atoms with Crippen molar-refractivity contribution in [3.05, 3.63) is 25.3 Å². The molecule has 3 aliphatic heterocycles. The van der Waals surface area contributed by atoms with Gasteiger partial charge in [0.2, 0.25) is 0 Å². The summed E-state index contributed by atoms with van der Waals surface area (Å²) in [6.45, 7) is 14.0. The first-order valence-electron chi connectivity index (χ1n) is 9.78. The molecular formula is C20H34I2N2O2+2. The molecule has 0 radical (unpaired) electrons. The standard InChI is InChI=1S/C20H34I2N2O2/c1-3-5-19(25)11-17(13-21)23(15-19)7-9-24(10-8-23)16-20(26,6-4-2)12-18(24)14-22/h3-4,17-18,25-26H,1-2,5-16H2/q+2. The molecule has 148 valence electrons.